The zero-order valence-corrected chi connectivity index (χ0v) is 26.1. The molecule has 9 nitrogen and oxygen atoms in total. The van der Waals surface area contributed by atoms with E-state index in [-0.39, 0.29) is 19.4 Å². The Hall–Kier alpha value is -3.74. The maximum atomic E-state index is 13.3. The Bertz CT molecular complexity index is 1290. The average molecular weight is 635 g/mol. The first-order valence-electron chi connectivity index (χ1n) is 14.6. The van der Waals surface area contributed by atoms with Crippen LogP contribution >= 0.6 is 0 Å². The number of ether oxygens (including phenoxy) is 4. The summed E-state index contributed by atoms with van der Waals surface area (Å²) in [4.78, 5) is 38.2. The maximum absolute atomic E-state index is 13.3. The zero-order chi connectivity index (χ0) is 33.3. The van der Waals surface area contributed by atoms with E-state index in [0.717, 1.165) is 5.56 Å². The summed E-state index contributed by atoms with van der Waals surface area (Å²) < 4.78 is 62.6. The Morgan fingerprint density at radius 1 is 0.911 bits per heavy atom. The number of carbonyl (C=O) groups is 3. The van der Waals surface area contributed by atoms with Crippen LogP contribution in [0, 0.1) is 0 Å². The maximum Gasteiger partial charge on any atom is 0.471 e. The van der Waals surface area contributed by atoms with Crippen molar-refractivity contribution < 1.29 is 46.5 Å². The molecule has 3 rings (SSSR count). The highest BCUT2D eigenvalue weighted by Crippen LogP contribution is 2.29. The van der Waals surface area contributed by atoms with Gasteiger partial charge in [0.15, 0.2) is 5.79 Å². The number of amides is 2. The lowest BCUT2D eigenvalue weighted by Crippen LogP contribution is -2.55. The molecule has 1 saturated heterocycles. The van der Waals surface area contributed by atoms with Gasteiger partial charge in [0.25, 0.3) is 0 Å². The number of halogens is 3. The Kier molecular flexibility index (Phi) is 12.3. The van der Waals surface area contributed by atoms with Crippen molar-refractivity contribution in [3.63, 3.8) is 0 Å². The van der Waals surface area contributed by atoms with Gasteiger partial charge >= 0.3 is 18.1 Å². The highest BCUT2D eigenvalue weighted by atomic mass is 19.4. The summed E-state index contributed by atoms with van der Waals surface area (Å²) in [5, 5.41) is 4.23. The second kappa shape index (κ2) is 15.5. The molecule has 1 fully saturated rings. The lowest BCUT2D eigenvalue weighted by atomic mass is 10.0. The lowest BCUT2D eigenvalue weighted by molar-refractivity contribution is -0.174. The van der Waals surface area contributed by atoms with Gasteiger partial charge in [0.05, 0.1) is 13.2 Å². The molecule has 1 aliphatic heterocycles. The molecule has 0 aromatic heterocycles. The summed E-state index contributed by atoms with van der Waals surface area (Å²) in [6, 6.07) is 15.0. The standard InChI is InChI=1S/C33H41F3N2O7/c1-31(2,3)45-29(40)24(37-28(39)25(38-30(41)33(34,35)36)19-22-13-8-6-9-14-22)17-12-18-26-27(44-32(4,5)43-26)21-42-20-23-15-10-7-11-16-23/h6-16,18,24-27H,17,19-21H2,1-5H3,(H,37,39)(H,38,41)/b18-12+/t24-,25+,26+,27+/m1/s1. The van der Waals surface area contributed by atoms with Crippen LogP contribution in [-0.2, 0) is 46.4 Å². The van der Waals surface area contributed by atoms with E-state index in [2.05, 4.69) is 5.32 Å². The molecule has 1 heterocycles. The SMILES string of the molecule is CC(C)(C)OC(=O)[C@@H](C/C=C/[C@@H]1OC(C)(C)O[C@H]1COCc1ccccc1)NC(=O)[C@H](Cc1ccccc1)NC(=O)C(F)(F)F. The minimum atomic E-state index is -5.21. The number of hydrogen-bond acceptors (Lipinski definition) is 7. The fraction of sp³-hybridized carbons (Fsp3) is 0.485. The smallest absolute Gasteiger partial charge is 0.458 e. The first-order valence-corrected chi connectivity index (χ1v) is 14.6. The van der Waals surface area contributed by atoms with Gasteiger partial charge in [0.2, 0.25) is 5.91 Å². The molecule has 0 radical (unpaired) electrons. The van der Waals surface area contributed by atoms with Crippen LogP contribution in [0.25, 0.3) is 0 Å². The van der Waals surface area contributed by atoms with E-state index in [1.165, 1.54) is 0 Å². The minimum absolute atomic E-state index is 0.0796. The average Bonchev–Trinajstić information content (AvgIpc) is 3.24. The largest absolute Gasteiger partial charge is 0.471 e. The van der Waals surface area contributed by atoms with E-state index < -0.39 is 59.6 Å². The van der Waals surface area contributed by atoms with Crippen molar-refractivity contribution in [1.82, 2.24) is 10.6 Å². The van der Waals surface area contributed by atoms with Gasteiger partial charge in [-0.2, -0.15) is 13.2 Å². The fourth-order valence-corrected chi connectivity index (χ4v) is 4.53. The van der Waals surface area contributed by atoms with Gasteiger partial charge in [-0.1, -0.05) is 72.8 Å². The molecule has 246 valence electrons. The molecule has 1 aliphatic rings. The van der Waals surface area contributed by atoms with Crippen LogP contribution in [0.1, 0.15) is 52.2 Å². The number of hydrogen-bond donors (Lipinski definition) is 2. The van der Waals surface area contributed by atoms with Crippen molar-refractivity contribution in [2.75, 3.05) is 6.61 Å². The quantitative estimate of drug-likeness (QED) is 0.241. The summed E-state index contributed by atoms with van der Waals surface area (Å²) >= 11 is 0. The molecule has 2 aromatic rings. The molecule has 0 unspecified atom stereocenters. The van der Waals surface area contributed by atoms with Crippen molar-refractivity contribution in [3.8, 4) is 0 Å². The number of benzene rings is 2. The zero-order valence-electron chi connectivity index (χ0n) is 26.1. The molecular formula is C33H41F3N2O7. The minimum Gasteiger partial charge on any atom is -0.458 e. The molecule has 2 amide bonds. The van der Waals surface area contributed by atoms with E-state index in [1.807, 2.05) is 30.3 Å². The van der Waals surface area contributed by atoms with E-state index in [0.29, 0.717) is 12.2 Å². The lowest BCUT2D eigenvalue weighted by Gasteiger charge is -2.26. The summed E-state index contributed by atoms with van der Waals surface area (Å²) in [6.45, 7) is 9.06. The molecular weight excluding hydrogens is 593 g/mol. The van der Waals surface area contributed by atoms with Gasteiger partial charge in [-0.05, 0) is 52.2 Å². The van der Waals surface area contributed by atoms with Gasteiger partial charge in [-0.25, -0.2) is 4.79 Å². The third kappa shape index (κ3) is 12.3. The Morgan fingerprint density at radius 3 is 2.09 bits per heavy atom. The number of esters is 1. The third-order valence-electron chi connectivity index (χ3n) is 6.48. The number of alkyl halides is 3. The first-order chi connectivity index (χ1) is 21.0. The van der Waals surface area contributed by atoms with Crippen LogP contribution in [0.2, 0.25) is 0 Å². The van der Waals surface area contributed by atoms with Gasteiger partial charge in [-0.15, -0.1) is 0 Å². The molecule has 0 bridgehead atoms. The Balaban J connectivity index is 1.74. The van der Waals surface area contributed by atoms with Gasteiger partial charge < -0.3 is 29.6 Å². The van der Waals surface area contributed by atoms with Crippen LogP contribution in [0.3, 0.4) is 0 Å². The second-order valence-electron chi connectivity index (χ2n) is 12.1. The van der Waals surface area contributed by atoms with Crippen molar-refractivity contribution >= 4 is 17.8 Å². The topological polar surface area (TPSA) is 112 Å². The molecule has 0 aliphatic carbocycles. The van der Waals surface area contributed by atoms with Crippen molar-refractivity contribution in [3.05, 3.63) is 83.9 Å². The molecule has 0 saturated carbocycles. The van der Waals surface area contributed by atoms with E-state index in [4.69, 9.17) is 18.9 Å². The van der Waals surface area contributed by atoms with Crippen molar-refractivity contribution in [1.29, 1.82) is 0 Å². The second-order valence-corrected chi connectivity index (χ2v) is 12.1. The van der Waals surface area contributed by atoms with Gasteiger partial charge in [0.1, 0.15) is 29.9 Å². The number of nitrogens with one attached hydrogen (secondary N) is 2. The van der Waals surface area contributed by atoms with Crippen LogP contribution in [0.5, 0.6) is 0 Å². The molecule has 12 heteroatoms. The molecule has 0 spiro atoms. The van der Waals surface area contributed by atoms with E-state index in [1.54, 1.807) is 82.4 Å². The summed E-state index contributed by atoms with van der Waals surface area (Å²) in [6.07, 6.45) is -3.26. The van der Waals surface area contributed by atoms with Gasteiger partial charge in [-0.3, -0.25) is 9.59 Å². The molecule has 45 heavy (non-hydrogen) atoms. The van der Waals surface area contributed by atoms with E-state index in [9.17, 15) is 27.6 Å². The summed E-state index contributed by atoms with van der Waals surface area (Å²) in [5.41, 5.74) is 0.594. The molecule has 2 aromatic carbocycles. The third-order valence-corrected chi connectivity index (χ3v) is 6.48. The number of rotatable bonds is 13. The highest BCUT2D eigenvalue weighted by molar-refractivity contribution is 5.92. The summed E-state index contributed by atoms with van der Waals surface area (Å²) in [7, 11) is 0. The first kappa shape index (κ1) is 35.7. The monoisotopic (exact) mass is 634 g/mol. The molecule has 4 atom stereocenters. The molecule has 2 N–H and O–H groups in total. The van der Waals surface area contributed by atoms with Crippen molar-refractivity contribution in [2.45, 2.75) is 95.9 Å². The summed E-state index contributed by atoms with van der Waals surface area (Å²) in [5.74, 6) is -4.95. The predicted molar refractivity (Wildman–Crippen MR) is 160 cm³/mol. The normalized spacial score (nSPS) is 19.6. The van der Waals surface area contributed by atoms with Crippen LogP contribution < -0.4 is 10.6 Å². The van der Waals surface area contributed by atoms with Crippen molar-refractivity contribution in [2.24, 2.45) is 0 Å². The Morgan fingerprint density at radius 2 is 1.51 bits per heavy atom. The highest BCUT2D eigenvalue weighted by Gasteiger charge is 2.42. The van der Waals surface area contributed by atoms with Crippen LogP contribution in [0.15, 0.2) is 72.8 Å². The Labute approximate surface area is 261 Å². The van der Waals surface area contributed by atoms with Crippen LogP contribution in [0.4, 0.5) is 13.2 Å². The fourth-order valence-electron chi connectivity index (χ4n) is 4.53. The predicted octanol–water partition coefficient (Wildman–Crippen LogP) is 4.79. The number of carbonyl (C=O) groups excluding carboxylic acids is 3. The van der Waals surface area contributed by atoms with Crippen LogP contribution in [-0.4, -0.2) is 66.2 Å². The van der Waals surface area contributed by atoms with E-state index >= 15 is 0 Å². The van der Waals surface area contributed by atoms with Gasteiger partial charge in [0, 0.05) is 6.42 Å².